The number of hydrogen-bond acceptors (Lipinski definition) is 2. The second-order valence-corrected chi connectivity index (χ2v) is 10.3. The average Bonchev–Trinajstić information content (AvgIpc) is 2.12. The molecule has 0 aromatic carbocycles. The molecule has 0 radical (unpaired) electrons. The minimum atomic E-state index is -1.34. The second-order valence-electron chi connectivity index (χ2n) is 5.16. The van der Waals surface area contributed by atoms with Crippen molar-refractivity contribution < 1.29 is 0 Å². The van der Waals surface area contributed by atoms with E-state index in [1.165, 1.54) is 18.9 Å². The van der Waals surface area contributed by atoms with Crippen molar-refractivity contribution in [2.45, 2.75) is 57.5 Å². The maximum Gasteiger partial charge on any atom is 0.0885 e. The average molecular weight is 216 g/mol. The van der Waals surface area contributed by atoms with Crippen molar-refractivity contribution in [2.24, 2.45) is 5.73 Å². The number of hydrogen-bond donors (Lipinski definition) is 1. The molecule has 0 spiro atoms. The van der Waals surface area contributed by atoms with Crippen LogP contribution in [0.2, 0.25) is 19.1 Å². The Morgan fingerprint density at radius 2 is 1.71 bits per heavy atom. The Balaban J connectivity index is 4.63. The molecular formula is C11H28N2Si. The van der Waals surface area contributed by atoms with E-state index in [0.29, 0.717) is 0 Å². The van der Waals surface area contributed by atoms with Crippen molar-refractivity contribution in [2.75, 3.05) is 14.1 Å². The van der Waals surface area contributed by atoms with Gasteiger partial charge >= 0.3 is 0 Å². The first kappa shape index (κ1) is 14.1. The largest absolute Gasteiger partial charge is 0.316 e. The van der Waals surface area contributed by atoms with Gasteiger partial charge in [-0.05, 0) is 20.5 Å². The smallest absolute Gasteiger partial charge is 0.0885 e. The van der Waals surface area contributed by atoms with Gasteiger partial charge in [0.05, 0.1) is 13.4 Å². The molecule has 0 saturated heterocycles. The van der Waals surface area contributed by atoms with Crippen molar-refractivity contribution in [3.05, 3.63) is 0 Å². The van der Waals surface area contributed by atoms with Gasteiger partial charge in [0.1, 0.15) is 0 Å². The van der Waals surface area contributed by atoms with Crippen LogP contribution >= 0.6 is 0 Å². The summed E-state index contributed by atoms with van der Waals surface area (Å²) in [5.41, 5.74) is 6.55. The molecule has 0 bridgehead atoms. The summed E-state index contributed by atoms with van der Waals surface area (Å²) in [6.07, 6.45) is 3.67. The molecule has 3 heteroatoms. The highest BCUT2D eigenvalue weighted by Crippen LogP contribution is 2.29. The Morgan fingerprint density at radius 1 is 1.21 bits per heavy atom. The first-order chi connectivity index (χ1) is 6.31. The highest BCUT2D eigenvalue weighted by atomic mass is 28.3. The van der Waals surface area contributed by atoms with Crippen molar-refractivity contribution in [3.8, 4) is 0 Å². The lowest BCUT2D eigenvalue weighted by Gasteiger charge is -2.47. The number of nitrogens with zero attached hydrogens (tertiary/aromatic N) is 1. The maximum absolute atomic E-state index is 6.55. The Morgan fingerprint density at radius 3 is 2.00 bits per heavy atom. The lowest BCUT2D eigenvalue weighted by Crippen LogP contribution is -2.68. The van der Waals surface area contributed by atoms with E-state index >= 15 is 0 Å². The summed E-state index contributed by atoms with van der Waals surface area (Å²) in [5.74, 6) is 0. The third kappa shape index (κ3) is 2.81. The van der Waals surface area contributed by atoms with E-state index in [0.717, 1.165) is 6.42 Å². The minimum absolute atomic E-state index is 0.0395. The normalized spacial score (nSPS) is 17.1. The molecule has 0 rings (SSSR count). The molecule has 0 aliphatic heterocycles. The van der Waals surface area contributed by atoms with E-state index in [9.17, 15) is 0 Å². The van der Waals surface area contributed by atoms with Gasteiger partial charge in [-0.25, -0.2) is 0 Å². The topological polar surface area (TPSA) is 29.3 Å². The third-order valence-electron chi connectivity index (χ3n) is 3.66. The Bertz CT molecular complexity index is 169. The van der Waals surface area contributed by atoms with Crippen LogP contribution in [0.5, 0.6) is 0 Å². The maximum atomic E-state index is 6.55. The zero-order valence-electron chi connectivity index (χ0n) is 10.9. The predicted molar refractivity (Wildman–Crippen MR) is 68.1 cm³/mol. The van der Waals surface area contributed by atoms with E-state index in [2.05, 4.69) is 45.9 Å². The van der Waals surface area contributed by atoms with Gasteiger partial charge < -0.3 is 5.73 Å². The van der Waals surface area contributed by atoms with Gasteiger partial charge in [-0.3, -0.25) is 4.90 Å². The van der Waals surface area contributed by atoms with Crippen LogP contribution in [0.1, 0.15) is 33.1 Å². The Hall–Kier alpha value is 0.137. The quantitative estimate of drug-likeness (QED) is 0.546. The summed E-state index contributed by atoms with van der Waals surface area (Å²) in [6, 6.07) is 1.34. The summed E-state index contributed by atoms with van der Waals surface area (Å²) < 4.78 is 0. The summed E-state index contributed by atoms with van der Waals surface area (Å²) in [5, 5.41) is -0.0395. The first-order valence-corrected chi connectivity index (χ1v) is 8.99. The van der Waals surface area contributed by atoms with Crippen LogP contribution in [0.25, 0.3) is 0 Å². The Kier molecular flexibility index (Phi) is 5.34. The standard InChI is InChI=1S/C11H28N2Si/c1-7-9-10-14(5,6)11(12,8-2)13(3)4/h7-10,12H2,1-6H3. The van der Waals surface area contributed by atoms with Crippen molar-refractivity contribution in [1.82, 2.24) is 4.90 Å². The van der Waals surface area contributed by atoms with E-state index < -0.39 is 8.07 Å². The zero-order chi connectivity index (χ0) is 11.4. The van der Waals surface area contributed by atoms with Crippen LogP contribution < -0.4 is 5.73 Å². The monoisotopic (exact) mass is 216 g/mol. The molecule has 0 aliphatic carbocycles. The molecule has 0 heterocycles. The van der Waals surface area contributed by atoms with Crippen LogP contribution in [0.15, 0.2) is 0 Å². The van der Waals surface area contributed by atoms with Gasteiger partial charge in [-0.15, -0.1) is 0 Å². The molecule has 2 nitrogen and oxygen atoms in total. The van der Waals surface area contributed by atoms with Gasteiger partial charge in [0.25, 0.3) is 0 Å². The number of unbranched alkanes of at least 4 members (excludes halogenated alkanes) is 1. The molecular weight excluding hydrogens is 188 g/mol. The van der Waals surface area contributed by atoms with Gasteiger partial charge in [0.2, 0.25) is 0 Å². The molecule has 0 aromatic heterocycles. The predicted octanol–water partition coefficient (Wildman–Crippen LogP) is 2.66. The molecule has 0 aromatic rings. The van der Waals surface area contributed by atoms with Gasteiger partial charge in [-0.1, -0.05) is 45.8 Å². The van der Waals surface area contributed by atoms with E-state index in [1.54, 1.807) is 0 Å². The highest BCUT2D eigenvalue weighted by molar-refractivity contribution is 6.80. The van der Waals surface area contributed by atoms with Crippen molar-refractivity contribution in [3.63, 3.8) is 0 Å². The molecule has 1 unspecified atom stereocenters. The van der Waals surface area contributed by atoms with Crippen molar-refractivity contribution >= 4 is 8.07 Å². The Labute approximate surface area is 90.9 Å². The van der Waals surface area contributed by atoms with Crippen LogP contribution in [0.3, 0.4) is 0 Å². The molecule has 1 atom stereocenters. The summed E-state index contributed by atoms with van der Waals surface area (Å²) in [4.78, 5) is 2.23. The fraction of sp³-hybridized carbons (Fsp3) is 1.00. The fourth-order valence-electron chi connectivity index (χ4n) is 2.24. The molecule has 0 saturated carbocycles. The van der Waals surface area contributed by atoms with Crippen LogP contribution in [0.4, 0.5) is 0 Å². The molecule has 0 fully saturated rings. The molecule has 0 aliphatic rings. The zero-order valence-corrected chi connectivity index (χ0v) is 11.9. The van der Waals surface area contributed by atoms with E-state index in [4.69, 9.17) is 5.73 Å². The molecule has 2 N–H and O–H groups in total. The SMILES string of the molecule is CCCC[Si](C)(C)C(N)(CC)N(C)C. The number of rotatable bonds is 6. The van der Waals surface area contributed by atoms with Gasteiger partial charge in [-0.2, -0.15) is 0 Å². The van der Waals surface area contributed by atoms with Crippen LogP contribution in [0, 0.1) is 0 Å². The minimum Gasteiger partial charge on any atom is -0.316 e. The van der Waals surface area contributed by atoms with Gasteiger partial charge in [0, 0.05) is 0 Å². The molecule has 14 heavy (non-hydrogen) atoms. The van der Waals surface area contributed by atoms with Crippen molar-refractivity contribution in [1.29, 1.82) is 0 Å². The van der Waals surface area contributed by atoms with Gasteiger partial charge in [0.15, 0.2) is 0 Å². The number of nitrogens with two attached hydrogens (primary N) is 1. The molecule has 0 amide bonds. The third-order valence-corrected chi connectivity index (χ3v) is 8.41. The first-order valence-electron chi connectivity index (χ1n) is 5.78. The van der Waals surface area contributed by atoms with E-state index in [-0.39, 0.29) is 5.29 Å². The lowest BCUT2D eigenvalue weighted by molar-refractivity contribution is 0.231. The fourth-order valence-corrected chi connectivity index (χ4v) is 6.07. The highest BCUT2D eigenvalue weighted by Gasteiger charge is 2.43. The van der Waals surface area contributed by atoms with E-state index in [1.807, 2.05) is 0 Å². The molecule has 86 valence electrons. The summed E-state index contributed by atoms with van der Waals surface area (Å²) in [7, 11) is 2.89. The van der Waals surface area contributed by atoms with Crippen LogP contribution in [-0.2, 0) is 0 Å². The lowest BCUT2D eigenvalue weighted by atomic mass is 10.3. The van der Waals surface area contributed by atoms with Crippen LogP contribution in [-0.4, -0.2) is 32.4 Å². The summed E-state index contributed by atoms with van der Waals surface area (Å²) in [6.45, 7) is 9.31. The summed E-state index contributed by atoms with van der Waals surface area (Å²) >= 11 is 0. The second kappa shape index (κ2) is 5.28.